The van der Waals surface area contributed by atoms with Crippen molar-refractivity contribution in [3.8, 4) is 17.2 Å². The Bertz CT molecular complexity index is 1680. The summed E-state index contributed by atoms with van der Waals surface area (Å²) in [6.45, 7) is 6.94. The summed E-state index contributed by atoms with van der Waals surface area (Å²) in [6.07, 6.45) is 1.74. The van der Waals surface area contributed by atoms with E-state index in [0.717, 1.165) is 22.6 Å². The van der Waals surface area contributed by atoms with E-state index in [4.69, 9.17) is 14.2 Å². The zero-order valence-corrected chi connectivity index (χ0v) is 25.0. The van der Waals surface area contributed by atoms with E-state index < -0.39 is 16.0 Å². The van der Waals surface area contributed by atoms with Crippen molar-refractivity contribution >= 4 is 38.8 Å². The number of imidazole rings is 1. The van der Waals surface area contributed by atoms with Gasteiger partial charge < -0.3 is 18.9 Å². The zero-order valence-electron chi connectivity index (χ0n) is 23.4. The lowest BCUT2D eigenvalue weighted by Gasteiger charge is -2.16. The molecule has 0 aliphatic carbocycles. The molecule has 0 aliphatic rings. The maximum Gasteiger partial charge on any atom is 0.343 e. The van der Waals surface area contributed by atoms with Crippen molar-refractivity contribution in [1.82, 2.24) is 13.9 Å². The van der Waals surface area contributed by atoms with E-state index in [9.17, 15) is 13.2 Å². The van der Waals surface area contributed by atoms with Crippen LogP contribution in [0.1, 0.15) is 27.9 Å². The van der Waals surface area contributed by atoms with Gasteiger partial charge in [-0.1, -0.05) is 11.8 Å². The van der Waals surface area contributed by atoms with Crippen LogP contribution in [-0.2, 0) is 25.3 Å². The van der Waals surface area contributed by atoms with Crippen molar-refractivity contribution < 1.29 is 32.2 Å². The molecule has 2 heterocycles. The number of pyridine rings is 1. The fraction of sp³-hybridized carbons (Fsp3) is 0.321. The van der Waals surface area contributed by atoms with Gasteiger partial charge in [0.1, 0.15) is 17.2 Å². The standard InChI is InChI=1S/C28H31N3O7S2/c1-16-10-21(38-14-25(32)36-6)11-17(2)27(16)40(33,34)31-24-9-8-20(35-5)12-22(24)30-28(31)39-15-23-19(4)26(37-7)18(3)13-29-23/h8-13H,14-15H2,1-7H3. The molecular weight excluding hydrogens is 554 g/mol. The van der Waals surface area contributed by atoms with Gasteiger partial charge in [0.15, 0.2) is 11.8 Å². The number of rotatable bonds is 10. The lowest BCUT2D eigenvalue weighted by atomic mass is 10.1. The highest BCUT2D eigenvalue weighted by molar-refractivity contribution is 7.99. The highest BCUT2D eigenvalue weighted by Crippen LogP contribution is 2.36. The van der Waals surface area contributed by atoms with Gasteiger partial charge in [-0.25, -0.2) is 22.2 Å². The van der Waals surface area contributed by atoms with Gasteiger partial charge in [-0.3, -0.25) is 4.98 Å². The molecule has 212 valence electrons. The zero-order chi connectivity index (χ0) is 29.2. The molecule has 0 aliphatic heterocycles. The molecule has 40 heavy (non-hydrogen) atoms. The SMILES string of the molecule is COC(=O)COc1cc(C)c(S(=O)(=O)n2c(SCc3ncc(C)c(OC)c3C)nc3cc(OC)ccc32)c(C)c1. The van der Waals surface area contributed by atoms with Gasteiger partial charge in [-0.2, -0.15) is 0 Å². The Morgan fingerprint density at radius 3 is 2.27 bits per heavy atom. The van der Waals surface area contributed by atoms with Crippen molar-refractivity contribution in [3.05, 3.63) is 64.5 Å². The molecule has 0 amide bonds. The highest BCUT2D eigenvalue weighted by atomic mass is 32.2. The van der Waals surface area contributed by atoms with E-state index >= 15 is 0 Å². The molecule has 0 atom stereocenters. The minimum atomic E-state index is -4.12. The minimum absolute atomic E-state index is 0.126. The molecule has 0 N–H and O–H groups in total. The number of esters is 1. The van der Waals surface area contributed by atoms with E-state index in [1.165, 1.54) is 22.8 Å². The van der Waals surface area contributed by atoms with E-state index in [0.29, 0.717) is 39.4 Å². The predicted molar refractivity (Wildman–Crippen MR) is 152 cm³/mol. The number of ether oxygens (including phenoxy) is 4. The van der Waals surface area contributed by atoms with Crippen molar-refractivity contribution in [2.45, 2.75) is 43.5 Å². The third-order valence-electron chi connectivity index (χ3n) is 6.40. The van der Waals surface area contributed by atoms with Gasteiger partial charge in [0, 0.05) is 29.1 Å². The fourth-order valence-electron chi connectivity index (χ4n) is 4.51. The van der Waals surface area contributed by atoms with Crippen LogP contribution in [0.25, 0.3) is 11.0 Å². The number of hydrogen-bond donors (Lipinski definition) is 0. The Balaban J connectivity index is 1.81. The highest BCUT2D eigenvalue weighted by Gasteiger charge is 2.29. The number of fused-ring (bicyclic) bond motifs is 1. The summed E-state index contributed by atoms with van der Waals surface area (Å²) in [5, 5.41) is 0.286. The topological polar surface area (TPSA) is 119 Å². The fourth-order valence-corrected chi connectivity index (χ4v) is 7.67. The first-order chi connectivity index (χ1) is 19.0. The quantitative estimate of drug-likeness (QED) is 0.190. The van der Waals surface area contributed by atoms with E-state index in [1.54, 1.807) is 64.6 Å². The molecule has 0 radical (unpaired) electrons. The van der Waals surface area contributed by atoms with Crippen LogP contribution in [0.5, 0.6) is 17.2 Å². The second-order valence-corrected chi connectivity index (χ2v) is 11.8. The molecular formula is C28H31N3O7S2. The molecule has 12 heteroatoms. The first-order valence-electron chi connectivity index (χ1n) is 12.3. The van der Waals surface area contributed by atoms with Crippen LogP contribution in [0, 0.1) is 27.7 Å². The number of hydrogen-bond acceptors (Lipinski definition) is 10. The second kappa shape index (κ2) is 11.8. The lowest BCUT2D eigenvalue weighted by molar-refractivity contribution is -0.142. The summed E-state index contributed by atoms with van der Waals surface area (Å²) < 4.78 is 50.9. The Morgan fingerprint density at radius 2 is 1.65 bits per heavy atom. The molecule has 4 aromatic rings. The number of benzene rings is 2. The minimum Gasteiger partial charge on any atom is -0.497 e. The average Bonchev–Trinajstić information content (AvgIpc) is 3.29. The summed E-state index contributed by atoms with van der Waals surface area (Å²) >= 11 is 1.27. The summed E-state index contributed by atoms with van der Waals surface area (Å²) in [4.78, 5) is 20.9. The number of methoxy groups -OCH3 is 3. The third-order valence-corrected chi connectivity index (χ3v) is 9.47. The van der Waals surface area contributed by atoms with Crippen LogP contribution in [0.3, 0.4) is 0 Å². The monoisotopic (exact) mass is 585 g/mol. The number of carbonyl (C=O) groups excluding carboxylic acids is 1. The number of nitrogens with zero attached hydrogens (tertiary/aromatic N) is 3. The molecule has 0 bridgehead atoms. The maximum absolute atomic E-state index is 14.3. The van der Waals surface area contributed by atoms with Crippen molar-refractivity contribution in [1.29, 1.82) is 0 Å². The molecule has 0 fully saturated rings. The molecule has 0 unspecified atom stereocenters. The Hall–Kier alpha value is -3.77. The van der Waals surface area contributed by atoms with Crippen LogP contribution in [0.4, 0.5) is 0 Å². The first-order valence-corrected chi connectivity index (χ1v) is 14.7. The molecule has 2 aromatic carbocycles. The van der Waals surface area contributed by atoms with Crippen molar-refractivity contribution in [2.24, 2.45) is 0 Å². The summed E-state index contributed by atoms with van der Waals surface area (Å²) in [5.41, 5.74) is 4.39. The molecule has 0 spiro atoms. The molecule has 2 aromatic heterocycles. The van der Waals surface area contributed by atoms with Gasteiger partial charge in [0.2, 0.25) is 0 Å². The van der Waals surface area contributed by atoms with Gasteiger partial charge in [0.25, 0.3) is 10.0 Å². The van der Waals surface area contributed by atoms with Gasteiger partial charge in [0.05, 0.1) is 43.0 Å². The number of carbonyl (C=O) groups is 1. The predicted octanol–water partition coefficient (Wildman–Crippen LogP) is 4.76. The van der Waals surface area contributed by atoms with Crippen LogP contribution < -0.4 is 14.2 Å². The number of aromatic nitrogens is 3. The van der Waals surface area contributed by atoms with E-state index in [1.807, 2.05) is 13.8 Å². The van der Waals surface area contributed by atoms with Crippen LogP contribution in [-0.4, -0.2) is 56.3 Å². The first kappa shape index (κ1) is 29.2. The molecule has 4 rings (SSSR count). The largest absolute Gasteiger partial charge is 0.497 e. The van der Waals surface area contributed by atoms with Gasteiger partial charge in [-0.15, -0.1) is 0 Å². The molecule has 0 saturated heterocycles. The third kappa shape index (κ3) is 5.59. The summed E-state index contributed by atoms with van der Waals surface area (Å²) in [5.74, 6) is 1.51. The van der Waals surface area contributed by atoms with Crippen LogP contribution in [0.15, 0.2) is 46.6 Å². The lowest BCUT2D eigenvalue weighted by Crippen LogP contribution is -2.17. The Labute approximate surface area is 237 Å². The Morgan fingerprint density at radius 1 is 0.950 bits per heavy atom. The van der Waals surface area contributed by atoms with Crippen LogP contribution in [0.2, 0.25) is 0 Å². The number of thioether (sulfide) groups is 1. The van der Waals surface area contributed by atoms with E-state index in [2.05, 4.69) is 14.7 Å². The second-order valence-electron chi connectivity index (χ2n) is 9.10. The Kier molecular flexibility index (Phi) is 8.59. The van der Waals surface area contributed by atoms with Gasteiger partial charge in [-0.05, 0) is 63.1 Å². The summed E-state index contributed by atoms with van der Waals surface area (Å²) in [7, 11) is 0.304. The maximum atomic E-state index is 14.3. The summed E-state index contributed by atoms with van der Waals surface area (Å²) in [6, 6.07) is 8.25. The van der Waals surface area contributed by atoms with Crippen molar-refractivity contribution in [2.75, 3.05) is 27.9 Å². The van der Waals surface area contributed by atoms with Crippen LogP contribution >= 0.6 is 11.8 Å². The average molecular weight is 586 g/mol. The smallest absolute Gasteiger partial charge is 0.343 e. The normalized spacial score (nSPS) is 11.5. The molecule has 0 saturated carbocycles. The van der Waals surface area contributed by atoms with Crippen molar-refractivity contribution in [3.63, 3.8) is 0 Å². The molecule has 10 nitrogen and oxygen atoms in total. The number of aryl methyl sites for hydroxylation is 3. The van der Waals surface area contributed by atoms with E-state index in [-0.39, 0.29) is 16.7 Å². The van der Waals surface area contributed by atoms with Gasteiger partial charge >= 0.3 is 5.97 Å².